The summed E-state index contributed by atoms with van der Waals surface area (Å²) in [5, 5.41) is 1.25. The van der Waals surface area contributed by atoms with E-state index in [1.807, 2.05) is 31.2 Å². The lowest BCUT2D eigenvalue weighted by Gasteiger charge is -2.21. The molecule has 0 bridgehead atoms. The van der Waals surface area contributed by atoms with E-state index in [-0.39, 0.29) is 12.0 Å². The molecule has 30 heavy (non-hydrogen) atoms. The highest BCUT2D eigenvalue weighted by molar-refractivity contribution is 6.32. The Kier molecular flexibility index (Phi) is 5.77. The maximum absolute atomic E-state index is 11.7. The molecular formula is C23H23ClN2O4. The molecule has 3 aromatic rings. The number of ketones is 1. The molecule has 0 radical (unpaired) electrons. The molecule has 0 aliphatic heterocycles. The van der Waals surface area contributed by atoms with Crippen molar-refractivity contribution >= 4 is 28.3 Å². The topological polar surface area (TPSA) is 70.5 Å². The summed E-state index contributed by atoms with van der Waals surface area (Å²) in [6.07, 6.45) is 3.63. The molecular weight excluding hydrogens is 404 g/mol. The maximum Gasteiger partial charge on any atom is 0.223 e. The fourth-order valence-corrected chi connectivity index (χ4v) is 4.15. The van der Waals surface area contributed by atoms with Crippen molar-refractivity contribution < 1.29 is 19.0 Å². The van der Waals surface area contributed by atoms with Crippen LogP contribution in [0.25, 0.3) is 22.2 Å². The number of fused-ring (bicyclic) bond motifs is 1. The molecule has 0 saturated heterocycles. The summed E-state index contributed by atoms with van der Waals surface area (Å²) in [6, 6.07) is 9.28. The third kappa shape index (κ3) is 3.92. The first-order chi connectivity index (χ1) is 14.5. The number of carbonyl (C=O) groups is 1. The third-order valence-corrected chi connectivity index (χ3v) is 5.82. The van der Waals surface area contributed by atoms with Gasteiger partial charge in [0, 0.05) is 30.5 Å². The Balaban J connectivity index is 1.77. The lowest BCUT2D eigenvalue weighted by Crippen LogP contribution is -2.22. The number of pyridine rings is 2. The molecule has 1 aromatic carbocycles. The van der Waals surface area contributed by atoms with E-state index >= 15 is 0 Å². The predicted molar refractivity (Wildman–Crippen MR) is 116 cm³/mol. The lowest BCUT2D eigenvalue weighted by molar-refractivity contribution is -0.117. The maximum atomic E-state index is 11.7. The number of ether oxygens (including phenoxy) is 3. The van der Waals surface area contributed by atoms with Crippen LogP contribution in [-0.2, 0) is 4.79 Å². The summed E-state index contributed by atoms with van der Waals surface area (Å²) in [4.78, 5) is 20.9. The quantitative estimate of drug-likeness (QED) is 0.545. The van der Waals surface area contributed by atoms with E-state index in [1.54, 1.807) is 26.5 Å². The van der Waals surface area contributed by atoms with Gasteiger partial charge in [-0.3, -0.25) is 9.78 Å². The average Bonchev–Trinajstić information content (AvgIpc) is 3.19. The SMILES string of the molecule is COc1cc(-c2cc3ncccc3c(O[C@H](C)[C@H]3CCC(=O)C3)n2)cc(Cl)c1OC. The number of hydrogen-bond donors (Lipinski definition) is 0. The van der Waals surface area contributed by atoms with Gasteiger partial charge < -0.3 is 14.2 Å². The first-order valence-electron chi connectivity index (χ1n) is 9.86. The highest BCUT2D eigenvalue weighted by Gasteiger charge is 2.29. The molecule has 1 aliphatic carbocycles. The van der Waals surface area contributed by atoms with Crippen LogP contribution in [0.15, 0.2) is 36.5 Å². The van der Waals surface area contributed by atoms with Gasteiger partial charge in [-0.05, 0) is 43.7 Å². The Hall–Kier alpha value is -2.86. The van der Waals surface area contributed by atoms with Gasteiger partial charge in [-0.2, -0.15) is 0 Å². The molecule has 6 nitrogen and oxygen atoms in total. The van der Waals surface area contributed by atoms with Crippen molar-refractivity contribution in [2.24, 2.45) is 5.92 Å². The number of carbonyl (C=O) groups excluding carboxylic acids is 1. The molecule has 1 fully saturated rings. The second-order valence-electron chi connectivity index (χ2n) is 7.44. The van der Waals surface area contributed by atoms with Crippen molar-refractivity contribution in [1.29, 1.82) is 0 Å². The van der Waals surface area contributed by atoms with Crippen LogP contribution in [0, 0.1) is 5.92 Å². The van der Waals surface area contributed by atoms with Crippen molar-refractivity contribution in [3.63, 3.8) is 0 Å². The monoisotopic (exact) mass is 426 g/mol. The molecule has 1 saturated carbocycles. The molecule has 7 heteroatoms. The van der Waals surface area contributed by atoms with E-state index in [1.165, 1.54) is 0 Å². The van der Waals surface area contributed by atoms with Crippen LogP contribution in [-0.4, -0.2) is 36.1 Å². The molecule has 0 unspecified atom stereocenters. The molecule has 2 heterocycles. The zero-order valence-electron chi connectivity index (χ0n) is 17.1. The first kappa shape index (κ1) is 20.4. The van der Waals surface area contributed by atoms with Gasteiger partial charge in [0.25, 0.3) is 0 Å². The van der Waals surface area contributed by atoms with Crippen LogP contribution in [0.5, 0.6) is 17.4 Å². The molecule has 4 rings (SSSR count). The van der Waals surface area contributed by atoms with E-state index < -0.39 is 0 Å². The number of halogens is 1. The second-order valence-corrected chi connectivity index (χ2v) is 7.85. The number of hydrogen-bond acceptors (Lipinski definition) is 6. The lowest BCUT2D eigenvalue weighted by atomic mass is 10.0. The Labute approximate surface area is 180 Å². The van der Waals surface area contributed by atoms with Crippen molar-refractivity contribution in [2.75, 3.05) is 14.2 Å². The fourth-order valence-electron chi connectivity index (χ4n) is 3.86. The fraction of sp³-hybridized carbons (Fsp3) is 0.348. The molecule has 156 valence electrons. The molecule has 2 atom stereocenters. The molecule has 0 spiro atoms. The number of rotatable bonds is 6. The molecule has 1 aliphatic rings. The smallest absolute Gasteiger partial charge is 0.223 e. The van der Waals surface area contributed by atoms with Gasteiger partial charge in [0.05, 0.1) is 35.8 Å². The number of aromatic nitrogens is 2. The minimum absolute atomic E-state index is 0.128. The van der Waals surface area contributed by atoms with Crippen LogP contribution in [0.3, 0.4) is 0 Å². The summed E-state index contributed by atoms with van der Waals surface area (Å²) in [6.45, 7) is 1.99. The normalized spacial score (nSPS) is 17.2. The minimum Gasteiger partial charge on any atom is -0.493 e. The largest absolute Gasteiger partial charge is 0.493 e. The zero-order chi connectivity index (χ0) is 21.3. The van der Waals surface area contributed by atoms with Gasteiger partial charge >= 0.3 is 0 Å². The zero-order valence-corrected chi connectivity index (χ0v) is 17.9. The summed E-state index contributed by atoms with van der Waals surface area (Å²) >= 11 is 6.39. The number of Topliss-reactive ketones (excluding diaryl/α,β-unsaturated/α-hetero) is 1. The standard InChI is InChI=1S/C23H23ClN2O4/c1-13(14-6-7-16(27)9-14)30-23-17-5-4-8-25-20(17)12-19(26-23)15-10-18(24)22(29-3)21(11-15)28-2/h4-5,8,10-14H,6-7,9H2,1-3H3/t13-,14+/m1/s1. The molecule has 0 N–H and O–H groups in total. The van der Waals surface area contributed by atoms with Crippen LogP contribution >= 0.6 is 11.6 Å². The number of nitrogens with zero attached hydrogens (tertiary/aromatic N) is 2. The van der Waals surface area contributed by atoms with Crippen LogP contribution in [0.1, 0.15) is 26.2 Å². The second kappa shape index (κ2) is 8.48. The Morgan fingerprint density at radius 2 is 2.03 bits per heavy atom. The van der Waals surface area contributed by atoms with Gasteiger partial charge in [0.15, 0.2) is 11.5 Å². The summed E-state index contributed by atoms with van der Waals surface area (Å²) in [5.74, 6) is 1.98. The first-order valence-corrected chi connectivity index (χ1v) is 10.2. The van der Waals surface area contributed by atoms with E-state index in [4.69, 9.17) is 30.8 Å². The predicted octanol–water partition coefficient (Wildman–Crippen LogP) is 5.10. The Bertz CT molecular complexity index is 1100. The Morgan fingerprint density at radius 1 is 1.20 bits per heavy atom. The molecule has 0 amide bonds. The van der Waals surface area contributed by atoms with Gasteiger partial charge in [-0.15, -0.1) is 0 Å². The highest BCUT2D eigenvalue weighted by atomic mass is 35.5. The van der Waals surface area contributed by atoms with Crippen LogP contribution < -0.4 is 14.2 Å². The summed E-state index contributed by atoms with van der Waals surface area (Å²) in [7, 11) is 3.11. The van der Waals surface area contributed by atoms with Crippen molar-refractivity contribution in [2.45, 2.75) is 32.3 Å². The van der Waals surface area contributed by atoms with Gasteiger partial charge in [0.2, 0.25) is 5.88 Å². The average molecular weight is 427 g/mol. The van der Waals surface area contributed by atoms with Gasteiger partial charge in [-0.1, -0.05) is 11.6 Å². The number of benzene rings is 1. The summed E-state index contributed by atoms with van der Waals surface area (Å²) < 4.78 is 17.0. The van der Waals surface area contributed by atoms with Crippen LogP contribution in [0.2, 0.25) is 5.02 Å². The van der Waals surface area contributed by atoms with Crippen LogP contribution in [0.4, 0.5) is 0 Å². The van der Waals surface area contributed by atoms with Gasteiger partial charge in [-0.25, -0.2) is 4.98 Å². The third-order valence-electron chi connectivity index (χ3n) is 5.54. The van der Waals surface area contributed by atoms with Gasteiger partial charge in [0.1, 0.15) is 11.9 Å². The van der Waals surface area contributed by atoms with E-state index in [0.717, 1.165) is 22.9 Å². The summed E-state index contributed by atoms with van der Waals surface area (Å²) in [5.41, 5.74) is 2.19. The van der Waals surface area contributed by atoms with Crippen molar-refractivity contribution in [3.8, 4) is 28.6 Å². The van der Waals surface area contributed by atoms with E-state index in [2.05, 4.69) is 4.98 Å². The highest BCUT2D eigenvalue weighted by Crippen LogP contribution is 2.40. The van der Waals surface area contributed by atoms with Crippen molar-refractivity contribution in [1.82, 2.24) is 9.97 Å². The Morgan fingerprint density at radius 3 is 2.73 bits per heavy atom. The number of methoxy groups -OCH3 is 2. The van der Waals surface area contributed by atoms with E-state index in [9.17, 15) is 4.79 Å². The van der Waals surface area contributed by atoms with Crippen molar-refractivity contribution in [3.05, 3.63) is 41.6 Å². The minimum atomic E-state index is -0.128. The van der Waals surface area contributed by atoms with E-state index in [0.29, 0.717) is 46.7 Å². The molecule has 2 aromatic heterocycles.